The van der Waals surface area contributed by atoms with Crippen LogP contribution in [0.1, 0.15) is 16.7 Å². The second kappa shape index (κ2) is 3.99. The first-order valence-electron chi connectivity index (χ1n) is 4.52. The number of benzene rings is 1. The van der Waals surface area contributed by atoms with Crippen molar-refractivity contribution in [2.24, 2.45) is 0 Å². The van der Waals surface area contributed by atoms with E-state index in [1.165, 1.54) is 25.1 Å². The highest BCUT2D eigenvalue weighted by Crippen LogP contribution is 2.29. The number of Topliss-reactive ketones (excluding diaryl/α,β-unsaturated/α-hetero) is 1. The summed E-state index contributed by atoms with van der Waals surface area (Å²) in [5.74, 6) is -0.534. The van der Waals surface area contributed by atoms with Crippen molar-refractivity contribution >= 4 is 27.3 Å². The fourth-order valence-corrected chi connectivity index (χ4v) is 2.14. The molecule has 0 spiro atoms. The molecule has 1 heterocycles. The van der Waals surface area contributed by atoms with Crippen LogP contribution in [0, 0.1) is 0 Å². The van der Waals surface area contributed by atoms with Gasteiger partial charge < -0.3 is 4.74 Å². The van der Waals surface area contributed by atoms with E-state index in [0.29, 0.717) is 10.2 Å². The summed E-state index contributed by atoms with van der Waals surface area (Å²) in [6, 6.07) is 3.77. The van der Waals surface area contributed by atoms with Gasteiger partial charge in [-0.1, -0.05) is 0 Å². The van der Waals surface area contributed by atoms with Crippen molar-refractivity contribution in [3.63, 3.8) is 0 Å². The molecule has 7 heteroatoms. The summed E-state index contributed by atoms with van der Waals surface area (Å²) in [6.45, 7) is 1.35. The molecule has 0 aliphatic carbocycles. The van der Waals surface area contributed by atoms with Crippen molar-refractivity contribution in [3.8, 4) is 5.75 Å². The third-order valence-electron chi connectivity index (χ3n) is 1.89. The molecule has 0 atom stereocenters. The lowest BCUT2D eigenvalue weighted by Crippen LogP contribution is -2.16. The van der Waals surface area contributed by atoms with E-state index in [9.17, 15) is 18.0 Å². The highest BCUT2D eigenvalue weighted by molar-refractivity contribution is 7.20. The van der Waals surface area contributed by atoms with E-state index < -0.39 is 6.36 Å². The smallest absolute Gasteiger partial charge is 0.406 e. The predicted octanol–water partition coefficient (Wildman–Crippen LogP) is 3.40. The Morgan fingerprint density at radius 1 is 1.41 bits per heavy atom. The molecule has 90 valence electrons. The first-order chi connectivity index (χ1) is 7.85. The van der Waals surface area contributed by atoms with E-state index in [2.05, 4.69) is 9.72 Å². The highest BCUT2D eigenvalue weighted by Gasteiger charge is 2.31. The summed E-state index contributed by atoms with van der Waals surface area (Å²) in [6.07, 6.45) is -4.72. The minimum Gasteiger partial charge on any atom is -0.406 e. The SMILES string of the molecule is CC(=O)c1nc2ccc(OC(F)(F)F)cc2s1. The molecular weight excluding hydrogens is 255 g/mol. The Kier molecular flexibility index (Phi) is 2.78. The lowest BCUT2D eigenvalue weighted by Gasteiger charge is -2.07. The van der Waals surface area contributed by atoms with Gasteiger partial charge in [0.2, 0.25) is 0 Å². The largest absolute Gasteiger partial charge is 0.573 e. The lowest BCUT2D eigenvalue weighted by atomic mass is 10.3. The predicted molar refractivity (Wildman–Crippen MR) is 56.3 cm³/mol. The van der Waals surface area contributed by atoms with E-state index in [0.717, 1.165) is 11.3 Å². The maximum Gasteiger partial charge on any atom is 0.573 e. The zero-order valence-electron chi connectivity index (χ0n) is 8.54. The summed E-state index contributed by atoms with van der Waals surface area (Å²) in [4.78, 5) is 15.0. The molecule has 0 saturated carbocycles. The number of halogens is 3. The number of ether oxygens (including phenoxy) is 1. The van der Waals surface area contributed by atoms with Gasteiger partial charge in [0.05, 0.1) is 10.2 Å². The van der Waals surface area contributed by atoms with Gasteiger partial charge in [-0.3, -0.25) is 4.79 Å². The standard InChI is InChI=1S/C10H6F3NO2S/c1-5(15)9-14-7-3-2-6(4-8(7)17-9)16-10(11,12)13/h2-4H,1H3. The fraction of sp³-hybridized carbons (Fsp3) is 0.200. The van der Waals surface area contributed by atoms with Crippen LogP contribution in [0.25, 0.3) is 10.2 Å². The molecule has 2 rings (SSSR count). The van der Waals surface area contributed by atoms with E-state index >= 15 is 0 Å². The summed E-state index contributed by atoms with van der Waals surface area (Å²) in [7, 11) is 0. The number of aromatic nitrogens is 1. The Balaban J connectivity index is 2.40. The lowest BCUT2D eigenvalue weighted by molar-refractivity contribution is -0.274. The third kappa shape index (κ3) is 2.73. The van der Waals surface area contributed by atoms with Crippen LogP contribution in [0.4, 0.5) is 13.2 Å². The zero-order chi connectivity index (χ0) is 12.6. The van der Waals surface area contributed by atoms with Crippen LogP contribution in [0.5, 0.6) is 5.75 Å². The van der Waals surface area contributed by atoms with Crippen molar-refractivity contribution in [1.29, 1.82) is 0 Å². The van der Waals surface area contributed by atoms with Gasteiger partial charge in [0.1, 0.15) is 5.75 Å². The number of carbonyl (C=O) groups excluding carboxylic acids is 1. The minimum absolute atomic E-state index is 0.218. The van der Waals surface area contributed by atoms with E-state index in [1.54, 1.807) is 0 Å². The van der Waals surface area contributed by atoms with Crippen LogP contribution >= 0.6 is 11.3 Å². The number of fused-ring (bicyclic) bond motifs is 1. The quantitative estimate of drug-likeness (QED) is 0.778. The van der Waals surface area contributed by atoms with Crippen molar-refractivity contribution in [1.82, 2.24) is 4.98 Å². The average Bonchev–Trinajstić information content (AvgIpc) is 2.57. The molecule has 0 fully saturated rings. The van der Waals surface area contributed by atoms with Gasteiger partial charge in [-0.15, -0.1) is 24.5 Å². The summed E-state index contributed by atoms with van der Waals surface area (Å²) in [5.41, 5.74) is 0.481. The molecule has 0 unspecified atom stereocenters. The maximum atomic E-state index is 12.0. The molecule has 17 heavy (non-hydrogen) atoms. The third-order valence-corrected chi connectivity index (χ3v) is 3.01. The Morgan fingerprint density at radius 3 is 2.71 bits per heavy atom. The Hall–Kier alpha value is -1.63. The molecule has 0 bridgehead atoms. The van der Waals surface area contributed by atoms with Gasteiger partial charge in [-0.05, 0) is 18.2 Å². The van der Waals surface area contributed by atoms with Crippen LogP contribution in [0.2, 0.25) is 0 Å². The molecule has 0 saturated heterocycles. The van der Waals surface area contributed by atoms with E-state index in [1.807, 2.05) is 0 Å². The number of hydrogen-bond donors (Lipinski definition) is 0. The van der Waals surface area contributed by atoms with Crippen LogP contribution in [-0.4, -0.2) is 17.1 Å². The van der Waals surface area contributed by atoms with E-state index in [4.69, 9.17) is 0 Å². The summed E-state index contributed by atoms with van der Waals surface area (Å²) < 4.78 is 40.2. The summed E-state index contributed by atoms with van der Waals surface area (Å²) in [5, 5.41) is 0.268. The van der Waals surface area contributed by atoms with Gasteiger partial charge in [-0.2, -0.15) is 0 Å². The second-order valence-electron chi connectivity index (χ2n) is 3.25. The van der Waals surface area contributed by atoms with Crippen LogP contribution in [0.15, 0.2) is 18.2 Å². The van der Waals surface area contributed by atoms with Crippen molar-refractivity contribution < 1.29 is 22.7 Å². The van der Waals surface area contributed by atoms with Crippen LogP contribution in [0.3, 0.4) is 0 Å². The number of alkyl halides is 3. The van der Waals surface area contributed by atoms with Gasteiger partial charge in [-0.25, -0.2) is 4.98 Å². The highest BCUT2D eigenvalue weighted by atomic mass is 32.1. The molecule has 0 amide bonds. The molecule has 2 aromatic rings. The van der Waals surface area contributed by atoms with E-state index in [-0.39, 0.29) is 16.5 Å². The van der Waals surface area contributed by atoms with Gasteiger partial charge >= 0.3 is 6.36 Å². The van der Waals surface area contributed by atoms with Gasteiger partial charge in [0.25, 0.3) is 0 Å². The zero-order valence-corrected chi connectivity index (χ0v) is 9.35. The van der Waals surface area contributed by atoms with Crippen LogP contribution in [-0.2, 0) is 0 Å². The molecule has 1 aromatic carbocycles. The number of ketones is 1. The Labute approximate surface area is 97.8 Å². The number of rotatable bonds is 2. The Bertz CT molecular complexity index is 576. The number of nitrogens with zero attached hydrogens (tertiary/aromatic N) is 1. The van der Waals surface area contributed by atoms with Crippen molar-refractivity contribution in [2.45, 2.75) is 13.3 Å². The van der Waals surface area contributed by atoms with Crippen molar-refractivity contribution in [3.05, 3.63) is 23.2 Å². The first kappa shape index (κ1) is 11.8. The van der Waals surface area contributed by atoms with Gasteiger partial charge in [0.15, 0.2) is 10.8 Å². The normalized spacial score (nSPS) is 11.8. The number of thiazole rings is 1. The number of hydrogen-bond acceptors (Lipinski definition) is 4. The fourth-order valence-electron chi connectivity index (χ4n) is 1.25. The molecule has 0 aliphatic rings. The second-order valence-corrected chi connectivity index (χ2v) is 4.28. The molecule has 0 N–H and O–H groups in total. The van der Waals surface area contributed by atoms with Gasteiger partial charge in [0, 0.05) is 6.92 Å². The summed E-state index contributed by atoms with van der Waals surface area (Å²) >= 11 is 1.04. The van der Waals surface area contributed by atoms with Crippen molar-refractivity contribution in [2.75, 3.05) is 0 Å². The maximum absolute atomic E-state index is 12.0. The molecular formula is C10H6F3NO2S. The molecule has 0 aliphatic heterocycles. The number of carbonyl (C=O) groups is 1. The van der Waals surface area contributed by atoms with Crippen LogP contribution < -0.4 is 4.74 Å². The minimum atomic E-state index is -4.72. The molecule has 3 nitrogen and oxygen atoms in total. The first-order valence-corrected chi connectivity index (χ1v) is 5.34. The molecule has 1 aromatic heterocycles. The average molecular weight is 261 g/mol. The Morgan fingerprint density at radius 2 is 2.12 bits per heavy atom. The topological polar surface area (TPSA) is 39.2 Å². The molecule has 0 radical (unpaired) electrons. The monoisotopic (exact) mass is 261 g/mol.